The van der Waals surface area contributed by atoms with Crippen molar-refractivity contribution < 1.29 is 17.9 Å². The molecule has 3 rings (SSSR count). The lowest BCUT2D eigenvalue weighted by Gasteiger charge is -2.28. The number of nitrogens with one attached hydrogen (secondary N) is 2. The van der Waals surface area contributed by atoms with Crippen molar-refractivity contribution in [1.29, 1.82) is 0 Å². The smallest absolute Gasteiger partial charge is 0.255 e. The number of nitrogens with zero attached hydrogens (tertiary/aromatic N) is 2. The predicted molar refractivity (Wildman–Crippen MR) is 107 cm³/mol. The van der Waals surface area contributed by atoms with Gasteiger partial charge in [-0.2, -0.15) is 5.10 Å². The lowest BCUT2D eigenvalue weighted by Crippen LogP contribution is -2.36. The van der Waals surface area contributed by atoms with Crippen molar-refractivity contribution >= 4 is 27.8 Å². The Labute approximate surface area is 164 Å². The second-order valence-electron chi connectivity index (χ2n) is 6.12. The SMILES string of the molecule is O=C(CNS(=O)(=O)c1ccccc1)N/N=C\c1ccc(N2CCOCC2)cc1. The second-order valence-corrected chi connectivity index (χ2v) is 7.89. The minimum Gasteiger partial charge on any atom is -0.378 e. The van der Waals surface area contributed by atoms with Crippen LogP contribution in [0.25, 0.3) is 0 Å². The Balaban J connectivity index is 1.47. The molecule has 2 aromatic carbocycles. The summed E-state index contributed by atoms with van der Waals surface area (Å²) in [6, 6.07) is 15.6. The summed E-state index contributed by atoms with van der Waals surface area (Å²) in [6.07, 6.45) is 1.51. The third-order valence-corrected chi connectivity index (χ3v) is 5.57. The molecule has 1 aliphatic rings. The first-order valence-corrected chi connectivity index (χ1v) is 10.3. The van der Waals surface area contributed by atoms with E-state index in [0.29, 0.717) is 0 Å². The number of hydrogen-bond donors (Lipinski definition) is 2. The molecule has 0 saturated carbocycles. The second kappa shape index (κ2) is 9.45. The van der Waals surface area contributed by atoms with Gasteiger partial charge in [-0.25, -0.2) is 18.6 Å². The summed E-state index contributed by atoms with van der Waals surface area (Å²) in [5.41, 5.74) is 4.24. The average molecular weight is 402 g/mol. The molecule has 0 aliphatic carbocycles. The van der Waals surface area contributed by atoms with E-state index >= 15 is 0 Å². The molecule has 1 heterocycles. The van der Waals surface area contributed by atoms with Gasteiger partial charge >= 0.3 is 0 Å². The van der Waals surface area contributed by atoms with E-state index in [1.165, 1.54) is 18.3 Å². The summed E-state index contributed by atoms with van der Waals surface area (Å²) >= 11 is 0. The van der Waals surface area contributed by atoms with E-state index in [-0.39, 0.29) is 4.90 Å². The molecule has 2 N–H and O–H groups in total. The van der Waals surface area contributed by atoms with E-state index in [4.69, 9.17) is 4.74 Å². The van der Waals surface area contributed by atoms with Gasteiger partial charge in [0.15, 0.2) is 0 Å². The highest BCUT2D eigenvalue weighted by atomic mass is 32.2. The molecule has 148 valence electrons. The van der Waals surface area contributed by atoms with Crippen LogP contribution in [0.4, 0.5) is 5.69 Å². The molecule has 0 spiro atoms. The Morgan fingerprint density at radius 3 is 2.43 bits per heavy atom. The quantitative estimate of drug-likeness (QED) is 0.531. The van der Waals surface area contributed by atoms with Crippen molar-refractivity contribution in [2.45, 2.75) is 4.90 Å². The fraction of sp³-hybridized carbons (Fsp3) is 0.263. The lowest BCUT2D eigenvalue weighted by atomic mass is 10.2. The molecule has 1 aliphatic heterocycles. The van der Waals surface area contributed by atoms with E-state index in [9.17, 15) is 13.2 Å². The first kappa shape index (κ1) is 20.0. The van der Waals surface area contributed by atoms with Gasteiger partial charge in [0, 0.05) is 18.8 Å². The van der Waals surface area contributed by atoms with Gasteiger partial charge in [0.25, 0.3) is 5.91 Å². The number of ether oxygens (including phenoxy) is 1. The van der Waals surface area contributed by atoms with Crippen LogP contribution in [0.1, 0.15) is 5.56 Å². The highest BCUT2D eigenvalue weighted by Gasteiger charge is 2.14. The van der Waals surface area contributed by atoms with Crippen LogP contribution in [0.15, 0.2) is 64.6 Å². The van der Waals surface area contributed by atoms with Crippen molar-refractivity contribution in [2.75, 3.05) is 37.7 Å². The Morgan fingerprint density at radius 1 is 1.07 bits per heavy atom. The zero-order chi connectivity index (χ0) is 19.8. The number of hydrogen-bond acceptors (Lipinski definition) is 6. The number of morpholine rings is 1. The van der Waals surface area contributed by atoms with Crippen LogP contribution in [0.2, 0.25) is 0 Å². The molecule has 8 nitrogen and oxygen atoms in total. The van der Waals surface area contributed by atoms with Gasteiger partial charge in [0.05, 0.1) is 30.9 Å². The summed E-state index contributed by atoms with van der Waals surface area (Å²) in [6.45, 7) is 2.78. The van der Waals surface area contributed by atoms with Crippen molar-refractivity contribution in [3.63, 3.8) is 0 Å². The fourth-order valence-electron chi connectivity index (χ4n) is 2.65. The van der Waals surface area contributed by atoms with Gasteiger partial charge < -0.3 is 9.64 Å². The molecule has 28 heavy (non-hydrogen) atoms. The molecule has 9 heteroatoms. The highest BCUT2D eigenvalue weighted by molar-refractivity contribution is 7.89. The van der Waals surface area contributed by atoms with Crippen LogP contribution in [-0.2, 0) is 19.6 Å². The number of rotatable bonds is 7. The van der Waals surface area contributed by atoms with Gasteiger partial charge in [-0.1, -0.05) is 30.3 Å². The molecule has 2 aromatic rings. The summed E-state index contributed by atoms with van der Waals surface area (Å²) < 4.78 is 31.7. The zero-order valence-electron chi connectivity index (χ0n) is 15.2. The first-order chi connectivity index (χ1) is 13.5. The van der Waals surface area contributed by atoms with Crippen LogP contribution in [0.3, 0.4) is 0 Å². The van der Waals surface area contributed by atoms with Gasteiger partial charge in [-0.3, -0.25) is 4.79 Å². The third-order valence-electron chi connectivity index (χ3n) is 4.15. The molecular weight excluding hydrogens is 380 g/mol. The monoisotopic (exact) mass is 402 g/mol. The number of hydrazone groups is 1. The van der Waals surface area contributed by atoms with E-state index in [2.05, 4.69) is 20.1 Å². The molecule has 1 saturated heterocycles. The average Bonchev–Trinajstić information content (AvgIpc) is 2.74. The molecule has 0 aromatic heterocycles. The molecule has 0 unspecified atom stereocenters. The van der Waals surface area contributed by atoms with Crippen LogP contribution in [-0.4, -0.2) is 53.4 Å². The predicted octanol–water partition coefficient (Wildman–Crippen LogP) is 0.952. The fourth-order valence-corrected chi connectivity index (χ4v) is 3.66. The number of carbonyl (C=O) groups is 1. The van der Waals surface area contributed by atoms with Crippen molar-refractivity contribution in [3.05, 3.63) is 60.2 Å². The van der Waals surface area contributed by atoms with E-state index < -0.39 is 22.5 Å². The van der Waals surface area contributed by atoms with Crippen LogP contribution in [0.5, 0.6) is 0 Å². The topological polar surface area (TPSA) is 100 Å². The summed E-state index contributed by atoms with van der Waals surface area (Å²) in [5.74, 6) is -0.555. The minimum atomic E-state index is -3.72. The molecular formula is C19H22N4O4S. The molecule has 0 radical (unpaired) electrons. The largest absolute Gasteiger partial charge is 0.378 e. The summed E-state index contributed by atoms with van der Waals surface area (Å²) in [4.78, 5) is 14.1. The maximum atomic E-state index is 12.1. The Kier molecular flexibility index (Phi) is 6.75. The highest BCUT2D eigenvalue weighted by Crippen LogP contribution is 2.15. The molecule has 0 atom stereocenters. The molecule has 1 amide bonds. The Hall–Kier alpha value is -2.75. The normalized spacial score (nSPS) is 14.9. The first-order valence-electron chi connectivity index (χ1n) is 8.84. The van der Waals surface area contributed by atoms with E-state index in [0.717, 1.165) is 37.6 Å². The van der Waals surface area contributed by atoms with Gasteiger partial charge in [0.1, 0.15) is 0 Å². The zero-order valence-corrected chi connectivity index (χ0v) is 16.1. The summed E-state index contributed by atoms with van der Waals surface area (Å²) in [5, 5.41) is 3.86. The van der Waals surface area contributed by atoms with Crippen molar-refractivity contribution in [1.82, 2.24) is 10.1 Å². The van der Waals surface area contributed by atoms with Crippen LogP contribution >= 0.6 is 0 Å². The summed E-state index contributed by atoms with van der Waals surface area (Å²) in [7, 11) is -3.72. The number of sulfonamides is 1. The van der Waals surface area contributed by atoms with E-state index in [1.54, 1.807) is 18.2 Å². The number of anilines is 1. The maximum Gasteiger partial charge on any atom is 0.255 e. The van der Waals surface area contributed by atoms with E-state index in [1.807, 2.05) is 24.3 Å². The number of benzene rings is 2. The number of amides is 1. The molecule has 1 fully saturated rings. The standard InChI is InChI=1S/C19H22N4O4S/c24-19(15-21-28(25,26)18-4-2-1-3-5-18)22-20-14-16-6-8-17(9-7-16)23-10-12-27-13-11-23/h1-9,14,21H,10-13,15H2,(H,22,24)/b20-14-. The van der Waals surface area contributed by atoms with Gasteiger partial charge in [0.2, 0.25) is 10.0 Å². The molecule has 0 bridgehead atoms. The minimum absolute atomic E-state index is 0.103. The Bertz CT molecular complexity index is 909. The van der Waals surface area contributed by atoms with Crippen molar-refractivity contribution in [3.8, 4) is 0 Å². The number of carbonyl (C=O) groups excluding carboxylic acids is 1. The van der Waals surface area contributed by atoms with Crippen LogP contribution in [0, 0.1) is 0 Å². The van der Waals surface area contributed by atoms with Gasteiger partial charge in [-0.05, 0) is 29.8 Å². The van der Waals surface area contributed by atoms with Crippen LogP contribution < -0.4 is 15.0 Å². The Morgan fingerprint density at radius 2 is 1.75 bits per heavy atom. The van der Waals surface area contributed by atoms with Gasteiger partial charge in [-0.15, -0.1) is 0 Å². The third kappa shape index (κ3) is 5.62. The maximum absolute atomic E-state index is 12.1. The van der Waals surface area contributed by atoms with Crippen molar-refractivity contribution in [2.24, 2.45) is 5.10 Å². The lowest BCUT2D eigenvalue weighted by molar-refractivity contribution is -0.119.